The molecule has 0 bridgehead atoms. The van der Waals surface area contributed by atoms with Gasteiger partial charge in [0.1, 0.15) is 0 Å². The van der Waals surface area contributed by atoms with Crippen molar-refractivity contribution in [1.82, 2.24) is 10.6 Å². The number of aliphatic hydroxyl groups is 1. The number of rotatable bonds is 7. The average Bonchev–Trinajstić information content (AvgIpc) is 2.78. The van der Waals surface area contributed by atoms with Gasteiger partial charge in [0, 0.05) is 38.6 Å². The number of nitrogens with one attached hydrogen (secondary N) is 2. The Hall–Kier alpha value is -2.37. The standard InChI is InChI=1S/C23H31N3O2/c1-24-23(26-16-21(17-27)18-9-4-2-5-10-18)25-15-20-13-8-14-28-22(20)19-11-6-3-7-12-19/h2-7,9-12,20-22,27H,8,13-17H2,1H3,(H2,24,25,26). The maximum Gasteiger partial charge on any atom is 0.191 e. The number of hydrogen-bond acceptors (Lipinski definition) is 3. The largest absolute Gasteiger partial charge is 0.396 e. The van der Waals surface area contributed by atoms with Crippen LogP contribution in [0.2, 0.25) is 0 Å². The number of benzene rings is 2. The summed E-state index contributed by atoms with van der Waals surface area (Å²) >= 11 is 0. The second kappa shape index (κ2) is 10.8. The van der Waals surface area contributed by atoms with Crippen LogP contribution in [0.15, 0.2) is 65.7 Å². The van der Waals surface area contributed by atoms with Crippen molar-refractivity contribution in [2.24, 2.45) is 10.9 Å². The van der Waals surface area contributed by atoms with E-state index in [1.54, 1.807) is 7.05 Å². The molecule has 0 amide bonds. The van der Waals surface area contributed by atoms with E-state index in [9.17, 15) is 5.11 Å². The molecule has 0 radical (unpaired) electrons. The van der Waals surface area contributed by atoms with Gasteiger partial charge in [-0.1, -0.05) is 60.7 Å². The van der Waals surface area contributed by atoms with Crippen LogP contribution in [0.5, 0.6) is 0 Å². The molecule has 0 aromatic heterocycles. The van der Waals surface area contributed by atoms with E-state index in [2.05, 4.69) is 39.9 Å². The summed E-state index contributed by atoms with van der Waals surface area (Å²) in [6, 6.07) is 20.5. The molecule has 5 nitrogen and oxygen atoms in total. The zero-order valence-electron chi connectivity index (χ0n) is 16.6. The molecule has 1 aliphatic heterocycles. The number of aliphatic imine (C=N–C) groups is 1. The molecule has 0 spiro atoms. The van der Waals surface area contributed by atoms with Gasteiger partial charge in [-0.05, 0) is 24.0 Å². The summed E-state index contributed by atoms with van der Waals surface area (Å²) in [5.74, 6) is 1.19. The summed E-state index contributed by atoms with van der Waals surface area (Å²) < 4.78 is 6.08. The van der Waals surface area contributed by atoms with E-state index in [1.165, 1.54) is 5.56 Å². The highest BCUT2D eigenvalue weighted by atomic mass is 16.5. The van der Waals surface area contributed by atoms with Crippen LogP contribution in [0.1, 0.15) is 36.0 Å². The fourth-order valence-electron chi connectivity index (χ4n) is 3.74. The third-order valence-corrected chi connectivity index (χ3v) is 5.34. The van der Waals surface area contributed by atoms with E-state index in [-0.39, 0.29) is 18.6 Å². The molecule has 1 fully saturated rings. The summed E-state index contributed by atoms with van der Waals surface area (Å²) in [5.41, 5.74) is 2.36. The van der Waals surface area contributed by atoms with Gasteiger partial charge in [-0.2, -0.15) is 0 Å². The molecule has 0 saturated carbocycles. The van der Waals surface area contributed by atoms with E-state index >= 15 is 0 Å². The third-order valence-electron chi connectivity index (χ3n) is 5.34. The molecule has 5 heteroatoms. The quantitative estimate of drug-likeness (QED) is 0.509. The minimum Gasteiger partial charge on any atom is -0.396 e. The Kier molecular flexibility index (Phi) is 7.88. The lowest BCUT2D eigenvalue weighted by Gasteiger charge is -2.32. The van der Waals surface area contributed by atoms with Crippen molar-refractivity contribution in [1.29, 1.82) is 0 Å². The third kappa shape index (κ3) is 5.57. The van der Waals surface area contributed by atoms with Crippen molar-refractivity contribution in [3.8, 4) is 0 Å². The molecular formula is C23H31N3O2. The first-order valence-electron chi connectivity index (χ1n) is 10.1. The Bertz CT molecular complexity index is 721. The van der Waals surface area contributed by atoms with Gasteiger partial charge in [0.15, 0.2) is 5.96 Å². The average molecular weight is 382 g/mol. The molecule has 3 unspecified atom stereocenters. The molecule has 3 atom stereocenters. The summed E-state index contributed by atoms with van der Waals surface area (Å²) in [7, 11) is 1.78. The second-order valence-corrected chi connectivity index (χ2v) is 7.23. The zero-order valence-corrected chi connectivity index (χ0v) is 16.6. The van der Waals surface area contributed by atoms with Crippen molar-refractivity contribution in [2.75, 3.05) is 33.4 Å². The first-order valence-corrected chi connectivity index (χ1v) is 10.1. The van der Waals surface area contributed by atoms with Crippen LogP contribution in [-0.4, -0.2) is 44.4 Å². The molecule has 1 aliphatic rings. The Morgan fingerprint density at radius 1 is 1.11 bits per heavy atom. The highest BCUT2D eigenvalue weighted by molar-refractivity contribution is 5.79. The van der Waals surface area contributed by atoms with Gasteiger partial charge < -0.3 is 20.5 Å². The van der Waals surface area contributed by atoms with Crippen LogP contribution in [0.25, 0.3) is 0 Å². The van der Waals surface area contributed by atoms with Crippen LogP contribution >= 0.6 is 0 Å². The Labute approximate surface area is 167 Å². The SMILES string of the molecule is CN=C(NCC(CO)c1ccccc1)NCC1CCCOC1c1ccccc1. The normalized spacial score (nSPS) is 21.1. The lowest BCUT2D eigenvalue weighted by Crippen LogP contribution is -2.43. The van der Waals surface area contributed by atoms with E-state index < -0.39 is 0 Å². The first kappa shape index (κ1) is 20.4. The van der Waals surface area contributed by atoms with Crippen molar-refractivity contribution >= 4 is 5.96 Å². The maximum atomic E-state index is 9.74. The molecule has 2 aromatic rings. The molecular weight excluding hydrogens is 350 g/mol. The van der Waals surface area contributed by atoms with E-state index in [0.29, 0.717) is 12.5 Å². The lowest BCUT2D eigenvalue weighted by atomic mass is 9.89. The van der Waals surface area contributed by atoms with E-state index in [0.717, 1.165) is 37.5 Å². The fourth-order valence-corrected chi connectivity index (χ4v) is 3.74. The summed E-state index contributed by atoms with van der Waals surface area (Å²) in [6.45, 7) is 2.34. The molecule has 1 heterocycles. The molecule has 1 saturated heterocycles. The Morgan fingerprint density at radius 2 is 1.82 bits per heavy atom. The fraction of sp³-hybridized carbons (Fsp3) is 0.435. The summed E-state index contributed by atoms with van der Waals surface area (Å²) in [5, 5.41) is 16.5. The molecule has 2 aromatic carbocycles. The van der Waals surface area contributed by atoms with Crippen molar-refractivity contribution in [3.63, 3.8) is 0 Å². The maximum absolute atomic E-state index is 9.74. The molecule has 28 heavy (non-hydrogen) atoms. The van der Waals surface area contributed by atoms with Gasteiger partial charge in [-0.25, -0.2) is 0 Å². The van der Waals surface area contributed by atoms with Gasteiger partial charge in [0.2, 0.25) is 0 Å². The van der Waals surface area contributed by atoms with Crippen LogP contribution in [-0.2, 0) is 4.74 Å². The summed E-state index contributed by atoms with van der Waals surface area (Å²) in [6.07, 6.45) is 2.34. The zero-order chi connectivity index (χ0) is 19.6. The van der Waals surface area contributed by atoms with Crippen molar-refractivity contribution in [3.05, 3.63) is 71.8 Å². The number of aliphatic hydroxyl groups excluding tert-OH is 1. The highest BCUT2D eigenvalue weighted by Crippen LogP contribution is 2.33. The predicted octanol–water partition coefficient (Wildman–Crippen LogP) is 3.10. The number of hydrogen-bond donors (Lipinski definition) is 3. The van der Waals surface area contributed by atoms with Crippen molar-refractivity contribution < 1.29 is 9.84 Å². The predicted molar refractivity (Wildman–Crippen MR) is 113 cm³/mol. The number of ether oxygens (including phenoxy) is 1. The number of guanidine groups is 1. The molecule has 0 aliphatic carbocycles. The highest BCUT2D eigenvalue weighted by Gasteiger charge is 2.27. The molecule has 3 rings (SSSR count). The van der Waals surface area contributed by atoms with Gasteiger partial charge in [-0.15, -0.1) is 0 Å². The van der Waals surface area contributed by atoms with E-state index in [1.807, 2.05) is 36.4 Å². The van der Waals surface area contributed by atoms with Crippen LogP contribution < -0.4 is 10.6 Å². The number of nitrogens with zero attached hydrogens (tertiary/aromatic N) is 1. The minimum atomic E-state index is 0.0369. The van der Waals surface area contributed by atoms with Crippen LogP contribution in [0, 0.1) is 5.92 Å². The van der Waals surface area contributed by atoms with Crippen LogP contribution in [0.3, 0.4) is 0 Å². The monoisotopic (exact) mass is 381 g/mol. The lowest BCUT2D eigenvalue weighted by molar-refractivity contribution is -0.0265. The van der Waals surface area contributed by atoms with Crippen molar-refractivity contribution in [2.45, 2.75) is 24.9 Å². The Balaban J connectivity index is 1.54. The minimum absolute atomic E-state index is 0.0369. The van der Waals surface area contributed by atoms with Gasteiger partial charge in [0.05, 0.1) is 12.7 Å². The molecule has 3 N–H and O–H groups in total. The first-order chi connectivity index (χ1) is 13.8. The smallest absolute Gasteiger partial charge is 0.191 e. The van der Waals surface area contributed by atoms with Gasteiger partial charge in [0.25, 0.3) is 0 Å². The van der Waals surface area contributed by atoms with Crippen LogP contribution in [0.4, 0.5) is 0 Å². The Morgan fingerprint density at radius 3 is 2.50 bits per heavy atom. The summed E-state index contributed by atoms with van der Waals surface area (Å²) in [4.78, 5) is 4.34. The second-order valence-electron chi connectivity index (χ2n) is 7.23. The van der Waals surface area contributed by atoms with Gasteiger partial charge >= 0.3 is 0 Å². The van der Waals surface area contributed by atoms with E-state index in [4.69, 9.17) is 4.74 Å². The van der Waals surface area contributed by atoms with Gasteiger partial charge in [-0.3, -0.25) is 4.99 Å². The molecule has 150 valence electrons. The topological polar surface area (TPSA) is 65.9 Å².